The Labute approximate surface area is 161 Å². The van der Waals surface area contributed by atoms with E-state index in [1.165, 1.54) is 17.6 Å². The number of aromatic nitrogens is 4. The van der Waals surface area contributed by atoms with Gasteiger partial charge in [0.05, 0.1) is 11.8 Å². The summed E-state index contributed by atoms with van der Waals surface area (Å²) in [6, 6.07) is 13.0. The SMILES string of the molecule is O=c1[nH]c2ccccc2cc1/C=N/n1c(=S)[nH]nc(Cc2cccs2)c1=O. The molecule has 3 heterocycles. The van der Waals surface area contributed by atoms with E-state index in [1.807, 2.05) is 41.8 Å². The number of nitrogens with one attached hydrogen (secondary N) is 2. The molecule has 7 nitrogen and oxygen atoms in total. The molecule has 0 bridgehead atoms. The van der Waals surface area contributed by atoms with Crippen LogP contribution in [-0.2, 0) is 6.42 Å². The molecule has 0 atom stereocenters. The highest BCUT2D eigenvalue weighted by atomic mass is 32.1. The van der Waals surface area contributed by atoms with Crippen LogP contribution in [0.4, 0.5) is 0 Å². The van der Waals surface area contributed by atoms with Crippen LogP contribution >= 0.6 is 23.6 Å². The summed E-state index contributed by atoms with van der Waals surface area (Å²) in [6.07, 6.45) is 1.71. The average Bonchev–Trinajstić information content (AvgIpc) is 3.17. The van der Waals surface area contributed by atoms with E-state index in [2.05, 4.69) is 20.3 Å². The summed E-state index contributed by atoms with van der Waals surface area (Å²) in [5, 5.41) is 13.6. The van der Waals surface area contributed by atoms with Crippen LogP contribution < -0.4 is 11.1 Å². The zero-order valence-corrected chi connectivity index (χ0v) is 15.5. The zero-order valence-electron chi connectivity index (χ0n) is 13.9. The molecular formula is C18H13N5O2S2. The lowest BCUT2D eigenvalue weighted by Crippen LogP contribution is -2.25. The van der Waals surface area contributed by atoms with E-state index in [9.17, 15) is 9.59 Å². The Morgan fingerprint density at radius 2 is 2.07 bits per heavy atom. The van der Waals surface area contributed by atoms with Gasteiger partial charge in [-0.25, -0.2) is 0 Å². The van der Waals surface area contributed by atoms with E-state index in [1.54, 1.807) is 6.07 Å². The van der Waals surface area contributed by atoms with Gasteiger partial charge in [-0.05, 0) is 41.2 Å². The third-order valence-electron chi connectivity index (χ3n) is 3.93. The fourth-order valence-electron chi connectivity index (χ4n) is 2.60. The van der Waals surface area contributed by atoms with Crippen LogP contribution in [0.1, 0.15) is 16.1 Å². The molecule has 0 saturated heterocycles. The molecule has 3 aromatic heterocycles. The predicted octanol–water partition coefficient (Wildman–Crippen LogP) is 2.68. The van der Waals surface area contributed by atoms with Crippen LogP contribution in [-0.4, -0.2) is 26.1 Å². The first-order valence-electron chi connectivity index (χ1n) is 8.01. The van der Waals surface area contributed by atoms with Crippen LogP contribution in [0.25, 0.3) is 10.9 Å². The minimum Gasteiger partial charge on any atom is -0.321 e. The summed E-state index contributed by atoms with van der Waals surface area (Å²) in [5.41, 5.74) is 0.646. The van der Waals surface area contributed by atoms with E-state index < -0.39 is 5.56 Å². The van der Waals surface area contributed by atoms with Crippen LogP contribution in [0.3, 0.4) is 0 Å². The number of thiophene rings is 1. The highest BCUT2D eigenvalue weighted by molar-refractivity contribution is 7.71. The lowest BCUT2D eigenvalue weighted by Gasteiger charge is -2.02. The standard InChI is InChI=1S/C18H13N5O2S2/c24-16-12(8-11-4-1-2-6-14(11)20-16)10-19-23-17(25)15(21-22-18(23)26)9-13-5-3-7-27-13/h1-8,10H,9H2,(H,20,24)(H,22,26)/b19-10+. The molecule has 1 aromatic carbocycles. The Hall–Kier alpha value is -3.17. The van der Waals surface area contributed by atoms with Gasteiger partial charge in [-0.3, -0.25) is 14.7 Å². The summed E-state index contributed by atoms with van der Waals surface area (Å²) >= 11 is 6.66. The predicted molar refractivity (Wildman–Crippen MR) is 108 cm³/mol. The molecule has 0 aliphatic rings. The molecule has 0 aliphatic carbocycles. The molecule has 0 fully saturated rings. The van der Waals surface area contributed by atoms with Crippen molar-refractivity contribution < 1.29 is 0 Å². The fourth-order valence-corrected chi connectivity index (χ4v) is 3.49. The van der Waals surface area contributed by atoms with Crippen LogP contribution in [0.5, 0.6) is 0 Å². The van der Waals surface area contributed by atoms with Crippen molar-refractivity contribution >= 4 is 40.7 Å². The lowest BCUT2D eigenvalue weighted by atomic mass is 10.2. The Balaban J connectivity index is 1.74. The minimum atomic E-state index is -0.416. The number of hydrogen-bond acceptors (Lipinski definition) is 6. The second-order valence-electron chi connectivity index (χ2n) is 5.73. The van der Waals surface area contributed by atoms with Crippen molar-refractivity contribution in [3.63, 3.8) is 0 Å². The van der Waals surface area contributed by atoms with Gasteiger partial charge in [0.15, 0.2) is 0 Å². The number of fused-ring (bicyclic) bond motifs is 1. The monoisotopic (exact) mass is 395 g/mol. The average molecular weight is 395 g/mol. The maximum atomic E-state index is 12.7. The molecule has 27 heavy (non-hydrogen) atoms. The van der Waals surface area contributed by atoms with Crippen molar-refractivity contribution in [1.29, 1.82) is 0 Å². The van der Waals surface area contributed by atoms with Gasteiger partial charge >= 0.3 is 0 Å². The van der Waals surface area contributed by atoms with Gasteiger partial charge in [-0.15, -0.1) is 11.3 Å². The summed E-state index contributed by atoms with van der Waals surface area (Å²) < 4.78 is 1.10. The van der Waals surface area contributed by atoms with E-state index in [0.717, 1.165) is 20.5 Å². The molecular weight excluding hydrogens is 382 g/mol. The van der Waals surface area contributed by atoms with Gasteiger partial charge in [-0.2, -0.15) is 14.9 Å². The van der Waals surface area contributed by atoms with Gasteiger partial charge in [0, 0.05) is 16.8 Å². The van der Waals surface area contributed by atoms with Crippen molar-refractivity contribution in [3.8, 4) is 0 Å². The second-order valence-corrected chi connectivity index (χ2v) is 7.15. The number of pyridine rings is 1. The number of para-hydroxylation sites is 1. The smallest absolute Gasteiger partial charge is 0.297 e. The maximum Gasteiger partial charge on any atom is 0.297 e. The highest BCUT2D eigenvalue weighted by Gasteiger charge is 2.09. The van der Waals surface area contributed by atoms with Crippen molar-refractivity contribution in [2.45, 2.75) is 6.42 Å². The van der Waals surface area contributed by atoms with E-state index in [0.29, 0.717) is 17.7 Å². The van der Waals surface area contributed by atoms with Crippen molar-refractivity contribution in [2.24, 2.45) is 5.10 Å². The molecule has 0 spiro atoms. The third kappa shape index (κ3) is 3.55. The number of benzene rings is 1. The molecule has 4 aromatic rings. The number of H-pyrrole nitrogens is 2. The topological polar surface area (TPSA) is 95.9 Å². The number of hydrogen-bond donors (Lipinski definition) is 2. The van der Waals surface area contributed by atoms with Crippen LogP contribution in [0, 0.1) is 4.77 Å². The van der Waals surface area contributed by atoms with Crippen molar-refractivity contribution in [2.75, 3.05) is 0 Å². The summed E-state index contributed by atoms with van der Waals surface area (Å²) in [4.78, 5) is 28.7. The highest BCUT2D eigenvalue weighted by Crippen LogP contribution is 2.11. The quantitative estimate of drug-likeness (QED) is 0.410. The molecule has 0 radical (unpaired) electrons. The first-order valence-corrected chi connectivity index (χ1v) is 9.30. The number of aromatic amines is 2. The van der Waals surface area contributed by atoms with E-state index in [4.69, 9.17) is 12.2 Å². The Kier molecular flexibility index (Phi) is 4.61. The van der Waals surface area contributed by atoms with Gasteiger partial charge in [0.1, 0.15) is 5.69 Å². The van der Waals surface area contributed by atoms with Gasteiger partial charge < -0.3 is 4.98 Å². The molecule has 2 N–H and O–H groups in total. The third-order valence-corrected chi connectivity index (χ3v) is 5.07. The Morgan fingerprint density at radius 1 is 1.22 bits per heavy atom. The number of nitrogens with zero attached hydrogens (tertiary/aromatic N) is 3. The summed E-state index contributed by atoms with van der Waals surface area (Å²) in [5.74, 6) is 0. The lowest BCUT2D eigenvalue weighted by molar-refractivity contribution is 0.711. The molecule has 0 unspecified atom stereocenters. The molecule has 4 rings (SSSR count). The maximum absolute atomic E-state index is 12.7. The van der Waals surface area contributed by atoms with E-state index >= 15 is 0 Å². The molecule has 0 saturated carbocycles. The first kappa shape index (κ1) is 17.3. The van der Waals surface area contributed by atoms with Crippen LogP contribution in [0.2, 0.25) is 0 Å². The van der Waals surface area contributed by atoms with Gasteiger partial charge in [-0.1, -0.05) is 24.3 Å². The zero-order chi connectivity index (χ0) is 18.8. The normalized spacial score (nSPS) is 11.4. The Bertz CT molecular complexity index is 1320. The van der Waals surface area contributed by atoms with Crippen molar-refractivity contribution in [1.82, 2.24) is 19.9 Å². The van der Waals surface area contributed by atoms with Crippen molar-refractivity contribution in [3.05, 3.63) is 89.5 Å². The second kappa shape index (κ2) is 7.22. The first-order chi connectivity index (χ1) is 13.1. The summed E-state index contributed by atoms with van der Waals surface area (Å²) in [7, 11) is 0. The minimum absolute atomic E-state index is 0.0587. The van der Waals surface area contributed by atoms with Gasteiger partial charge in [0.25, 0.3) is 11.1 Å². The summed E-state index contributed by atoms with van der Waals surface area (Å²) in [6.45, 7) is 0. The van der Waals surface area contributed by atoms with Gasteiger partial charge in [0.2, 0.25) is 4.77 Å². The fraction of sp³-hybridized carbons (Fsp3) is 0.0556. The Morgan fingerprint density at radius 3 is 2.89 bits per heavy atom. The molecule has 9 heteroatoms. The molecule has 0 aliphatic heterocycles. The molecule has 0 amide bonds. The number of rotatable bonds is 4. The van der Waals surface area contributed by atoms with E-state index in [-0.39, 0.29) is 10.3 Å². The largest absolute Gasteiger partial charge is 0.321 e. The molecule has 134 valence electrons. The van der Waals surface area contributed by atoms with Crippen LogP contribution in [0.15, 0.2) is 62.5 Å².